The number of fused-ring (bicyclic) bond motifs is 1. The second-order valence-corrected chi connectivity index (χ2v) is 8.37. The molecule has 5 N–H and O–H groups in total. The highest BCUT2D eigenvalue weighted by molar-refractivity contribution is 6.23. The average Bonchev–Trinajstić information content (AvgIpc) is 3.36. The summed E-state index contributed by atoms with van der Waals surface area (Å²) < 4.78 is 0. The van der Waals surface area contributed by atoms with Crippen molar-refractivity contribution in [2.75, 3.05) is 30.3 Å². The molecule has 1 spiro atoms. The Morgan fingerprint density at radius 3 is 2.72 bits per heavy atom. The largest absolute Gasteiger partial charge is 0.368 e. The van der Waals surface area contributed by atoms with E-state index in [4.69, 9.17) is 11.5 Å². The number of anilines is 2. The fourth-order valence-corrected chi connectivity index (χ4v) is 5.00. The van der Waals surface area contributed by atoms with E-state index in [0.29, 0.717) is 0 Å². The van der Waals surface area contributed by atoms with Gasteiger partial charge in [0.15, 0.2) is 0 Å². The monoisotopic (exact) mass is 389 g/mol. The van der Waals surface area contributed by atoms with Crippen LogP contribution in [-0.4, -0.2) is 35.3 Å². The number of allylic oxidation sites excluding steroid dienone is 1. The normalized spacial score (nSPS) is 22.3. The number of hydrazone groups is 1. The Balaban J connectivity index is 1.35. The standard InChI is InChI=1S/C22H27N7/c1-14(17-6-9-25-28-17)18-12-19(27-21(24)26-18)29-10-7-22(8-11-29)13-15-4-2-3-5-16(15)20(22)23/h2-5,12,20,25H,1,6-11,13,23H2,(H2,24,26,27)/t20-/m1/s1. The first-order valence-electron chi connectivity index (χ1n) is 10.3. The molecule has 7 heteroatoms. The Kier molecular flexibility index (Phi) is 4.28. The van der Waals surface area contributed by atoms with Crippen LogP contribution in [0.4, 0.5) is 11.8 Å². The van der Waals surface area contributed by atoms with Crippen molar-refractivity contribution in [3.63, 3.8) is 0 Å². The molecule has 1 fully saturated rings. The van der Waals surface area contributed by atoms with E-state index in [-0.39, 0.29) is 17.4 Å². The van der Waals surface area contributed by atoms with Crippen LogP contribution in [0.3, 0.4) is 0 Å². The van der Waals surface area contributed by atoms with Gasteiger partial charge in [0.2, 0.25) is 5.95 Å². The zero-order chi connectivity index (χ0) is 20.0. The van der Waals surface area contributed by atoms with Crippen LogP contribution in [0.2, 0.25) is 0 Å². The van der Waals surface area contributed by atoms with E-state index in [1.807, 2.05) is 6.07 Å². The van der Waals surface area contributed by atoms with E-state index >= 15 is 0 Å². The Morgan fingerprint density at radius 2 is 2.00 bits per heavy atom. The predicted octanol–water partition coefficient (Wildman–Crippen LogP) is 2.26. The predicted molar refractivity (Wildman–Crippen MR) is 116 cm³/mol. The Morgan fingerprint density at radius 1 is 1.21 bits per heavy atom. The smallest absolute Gasteiger partial charge is 0.222 e. The summed E-state index contributed by atoms with van der Waals surface area (Å²) in [6.07, 6.45) is 4.00. The Hall–Kier alpha value is -2.93. The van der Waals surface area contributed by atoms with Gasteiger partial charge in [-0.15, -0.1) is 0 Å². The fourth-order valence-electron chi connectivity index (χ4n) is 5.00. The van der Waals surface area contributed by atoms with E-state index in [9.17, 15) is 0 Å². The average molecular weight is 390 g/mol. The molecule has 0 bridgehead atoms. The van der Waals surface area contributed by atoms with Gasteiger partial charge in [0.1, 0.15) is 5.82 Å². The number of nitrogens with zero attached hydrogens (tertiary/aromatic N) is 4. The van der Waals surface area contributed by atoms with Gasteiger partial charge in [-0.3, -0.25) is 0 Å². The topological polar surface area (TPSA) is 105 Å². The van der Waals surface area contributed by atoms with Crippen molar-refractivity contribution in [3.8, 4) is 0 Å². The van der Waals surface area contributed by atoms with E-state index in [2.05, 4.69) is 56.2 Å². The van der Waals surface area contributed by atoms with Gasteiger partial charge in [0, 0.05) is 43.7 Å². The van der Waals surface area contributed by atoms with Gasteiger partial charge in [0.05, 0.1) is 11.4 Å². The highest BCUT2D eigenvalue weighted by Crippen LogP contribution is 2.50. The summed E-state index contributed by atoms with van der Waals surface area (Å²) in [7, 11) is 0. The van der Waals surface area contributed by atoms with Crippen molar-refractivity contribution in [2.24, 2.45) is 16.3 Å². The molecule has 1 aliphatic carbocycles. The zero-order valence-electron chi connectivity index (χ0n) is 16.6. The minimum Gasteiger partial charge on any atom is -0.368 e. The number of nitrogen functional groups attached to an aromatic ring is 1. The maximum atomic E-state index is 6.70. The van der Waals surface area contributed by atoms with Gasteiger partial charge in [-0.05, 0) is 35.8 Å². The summed E-state index contributed by atoms with van der Waals surface area (Å²) in [5.41, 5.74) is 21.1. The number of benzene rings is 1. The molecule has 2 aliphatic heterocycles. The van der Waals surface area contributed by atoms with Crippen molar-refractivity contribution in [1.82, 2.24) is 15.4 Å². The van der Waals surface area contributed by atoms with Crippen molar-refractivity contribution in [2.45, 2.75) is 31.7 Å². The molecular weight excluding hydrogens is 362 g/mol. The van der Waals surface area contributed by atoms with E-state index in [1.54, 1.807) is 0 Å². The molecule has 0 unspecified atom stereocenters. The highest BCUT2D eigenvalue weighted by atomic mass is 15.3. The molecule has 7 nitrogen and oxygen atoms in total. The van der Waals surface area contributed by atoms with Gasteiger partial charge in [-0.1, -0.05) is 30.8 Å². The number of aromatic nitrogens is 2. The molecule has 0 amide bonds. The lowest BCUT2D eigenvalue weighted by atomic mass is 9.73. The quantitative estimate of drug-likeness (QED) is 0.744. The molecule has 1 aromatic carbocycles. The third kappa shape index (κ3) is 3.06. The highest BCUT2D eigenvalue weighted by Gasteiger charge is 2.45. The van der Waals surface area contributed by atoms with Crippen LogP contribution in [0, 0.1) is 5.41 Å². The van der Waals surface area contributed by atoms with Crippen molar-refractivity contribution in [1.29, 1.82) is 0 Å². The number of nitrogens with one attached hydrogen (secondary N) is 1. The second kappa shape index (κ2) is 6.84. The number of rotatable bonds is 3. The maximum absolute atomic E-state index is 6.70. The molecule has 3 aliphatic rings. The lowest BCUT2D eigenvalue weighted by molar-refractivity contribution is 0.187. The van der Waals surface area contributed by atoms with Crippen LogP contribution >= 0.6 is 0 Å². The van der Waals surface area contributed by atoms with Gasteiger partial charge in [0.25, 0.3) is 0 Å². The van der Waals surface area contributed by atoms with E-state index < -0.39 is 0 Å². The van der Waals surface area contributed by atoms with Crippen LogP contribution in [0.1, 0.15) is 42.1 Å². The second-order valence-electron chi connectivity index (χ2n) is 8.37. The number of piperidine rings is 1. The summed E-state index contributed by atoms with van der Waals surface area (Å²) in [4.78, 5) is 11.2. The van der Waals surface area contributed by atoms with Crippen LogP contribution in [0.25, 0.3) is 5.57 Å². The number of hydrogen-bond donors (Lipinski definition) is 3. The first-order valence-corrected chi connectivity index (χ1v) is 10.3. The van der Waals surface area contributed by atoms with Crippen LogP contribution in [0.5, 0.6) is 0 Å². The molecule has 5 rings (SSSR count). The number of nitrogens with two attached hydrogens (primary N) is 2. The van der Waals surface area contributed by atoms with Crippen molar-refractivity contribution < 1.29 is 0 Å². The minimum absolute atomic E-state index is 0.111. The van der Waals surface area contributed by atoms with Crippen molar-refractivity contribution >= 4 is 23.1 Å². The lowest BCUT2D eigenvalue weighted by Crippen LogP contribution is -2.44. The molecule has 29 heavy (non-hydrogen) atoms. The van der Waals surface area contributed by atoms with Crippen LogP contribution in [0.15, 0.2) is 42.0 Å². The third-order valence-corrected chi connectivity index (χ3v) is 6.75. The summed E-state index contributed by atoms with van der Waals surface area (Å²) in [6, 6.07) is 10.7. The molecule has 0 radical (unpaired) electrons. The van der Waals surface area contributed by atoms with Gasteiger partial charge >= 0.3 is 0 Å². The first kappa shape index (κ1) is 18.1. The minimum atomic E-state index is 0.111. The van der Waals surface area contributed by atoms with Gasteiger partial charge in [-0.2, -0.15) is 10.1 Å². The molecule has 2 aromatic rings. The zero-order valence-corrected chi connectivity index (χ0v) is 16.6. The van der Waals surface area contributed by atoms with Gasteiger partial charge in [-0.25, -0.2) is 4.98 Å². The molecular formula is C22H27N7. The molecule has 150 valence electrons. The maximum Gasteiger partial charge on any atom is 0.222 e. The van der Waals surface area contributed by atoms with Gasteiger partial charge < -0.3 is 21.8 Å². The molecule has 0 saturated carbocycles. The van der Waals surface area contributed by atoms with E-state index in [1.165, 1.54) is 11.1 Å². The molecule has 3 heterocycles. The Bertz CT molecular complexity index is 988. The van der Waals surface area contributed by atoms with Crippen LogP contribution in [-0.2, 0) is 6.42 Å². The lowest BCUT2D eigenvalue weighted by Gasteiger charge is -2.42. The number of hydrogen-bond acceptors (Lipinski definition) is 7. The van der Waals surface area contributed by atoms with E-state index in [0.717, 1.165) is 68.1 Å². The fraction of sp³-hybridized carbons (Fsp3) is 0.409. The Labute approximate surface area is 170 Å². The summed E-state index contributed by atoms with van der Waals surface area (Å²) in [6.45, 7) is 6.82. The SMILES string of the molecule is C=C(C1=NNCC1)c1cc(N2CCC3(CC2)Cc2ccccc2[C@H]3N)nc(N)n1. The summed E-state index contributed by atoms with van der Waals surface area (Å²) in [5, 5.41) is 4.30. The molecule has 1 atom stereocenters. The summed E-state index contributed by atoms with van der Waals surface area (Å²) >= 11 is 0. The first-order chi connectivity index (χ1) is 14.1. The molecule has 1 aromatic heterocycles. The molecule has 1 saturated heterocycles. The van der Waals surface area contributed by atoms with Crippen LogP contribution < -0.4 is 21.8 Å². The van der Waals surface area contributed by atoms with Crippen molar-refractivity contribution in [3.05, 3.63) is 53.7 Å². The summed E-state index contributed by atoms with van der Waals surface area (Å²) in [5.74, 6) is 1.13. The third-order valence-electron chi connectivity index (χ3n) is 6.75.